The molecule has 5 rings (SSSR count). The van der Waals surface area contributed by atoms with E-state index in [-0.39, 0.29) is 0 Å². The standard InChI is InChI=1S/C30H26N2O/c1-31(27-14-9-15-28(22-27)33-2)24-18-20-26(21-19-24)32(25-12-4-3-5-13-25)30-17-8-11-23-10-6-7-16-29(23)30/h3-22H,1-2H3. The normalized spacial score (nSPS) is 10.7. The van der Waals surface area contributed by atoms with Gasteiger partial charge in [0.15, 0.2) is 0 Å². The van der Waals surface area contributed by atoms with Crippen molar-refractivity contribution in [3.63, 3.8) is 0 Å². The molecule has 0 aromatic heterocycles. The van der Waals surface area contributed by atoms with Crippen LogP contribution in [-0.2, 0) is 0 Å². The molecule has 5 aromatic carbocycles. The van der Waals surface area contributed by atoms with Gasteiger partial charge in [0, 0.05) is 41.2 Å². The van der Waals surface area contributed by atoms with Crippen LogP contribution in [0.15, 0.2) is 121 Å². The van der Waals surface area contributed by atoms with Gasteiger partial charge in [-0.3, -0.25) is 0 Å². The second kappa shape index (κ2) is 9.09. The summed E-state index contributed by atoms with van der Waals surface area (Å²) in [5.41, 5.74) is 5.59. The van der Waals surface area contributed by atoms with Gasteiger partial charge in [-0.05, 0) is 60.0 Å². The molecule has 3 nitrogen and oxygen atoms in total. The fraction of sp³-hybridized carbons (Fsp3) is 0.0667. The summed E-state index contributed by atoms with van der Waals surface area (Å²) in [5, 5.41) is 2.45. The van der Waals surface area contributed by atoms with Gasteiger partial charge >= 0.3 is 0 Å². The summed E-state index contributed by atoms with van der Waals surface area (Å²) < 4.78 is 5.39. The second-order valence-electron chi connectivity index (χ2n) is 7.95. The summed E-state index contributed by atoms with van der Waals surface area (Å²) >= 11 is 0. The van der Waals surface area contributed by atoms with Crippen molar-refractivity contribution in [1.29, 1.82) is 0 Å². The van der Waals surface area contributed by atoms with E-state index in [0.717, 1.165) is 34.2 Å². The van der Waals surface area contributed by atoms with Crippen molar-refractivity contribution >= 4 is 39.2 Å². The zero-order valence-corrected chi connectivity index (χ0v) is 18.8. The molecular formula is C30H26N2O. The van der Waals surface area contributed by atoms with Gasteiger partial charge in [0.05, 0.1) is 12.8 Å². The summed E-state index contributed by atoms with van der Waals surface area (Å²) in [5.74, 6) is 0.849. The highest BCUT2D eigenvalue weighted by atomic mass is 16.5. The average Bonchev–Trinajstić information content (AvgIpc) is 2.90. The van der Waals surface area contributed by atoms with Crippen molar-refractivity contribution in [2.45, 2.75) is 0 Å². The van der Waals surface area contributed by atoms with Crippen molar-refractivity contribution in [3.8, 4) is 5.75 Å². The molecule has 0 fully saturated rings. The summed E-state index contributed by atoms with van der Waals surface area (Å²) in [6, 6.07) is 42.3. The number of ether oxygens (including phenoxy) is 1. The van der Waals surface area contributed by atoms with Crippen molar-refractivity contribution in [3.05, 3.63) is 121 Å². The van der Waals surface area contributed by atoms with Gasteiger partial charge in [-0.25, -0.2) is 0 Å². The van der Waals surface area contributed by atoms with Gasteiger partial charge in [0.1, 0.15) is 5.75 Å². The molecule has 0 radical (unpaired) electrons. The molecule has 0 unspecified atom stereocenters. The Hall–Kier alpha value is -4.24. The van der Waals surface area contributed by atoms with E-state index >= 15 is 0 Å². The molecule has 162 valence electrons. The maximum Gasteiger partial charge on any atom is 0.120 e. The first-order valence-electron chi connectivity index (χ1n) is 11.1. The summed E-state index contributed by atoms with van der Waals surface area (Å²) in [6.07, 6.45) is 0. The zero-order chi connectivity index (χ0) is 22.6. The number of benzene rings is 5. The predicted molar refractivity (Wildman–Crippen MR) is 140 cm³/mol. The number of hydrogen-bond donors (Lipinski definition) is 0. The Kier molecular flexibility index (Phi) is 5.69. The Morgan fingerprint density at radius 2 is 1.15 bits per heavy atom. The fourth-order valence-corrected chi connectivity index (χ4v) is 4.20. The van der Waals surface area contributed by atoms with Crippen LogP contribution in [0.3, 0.4) is 0 Å². The number of para-hydroxylation sites is 1. The first-order valence-corrected chi connectivity index (χ1v) is 11.1. The number of hydrogen-bond acceptors (Lipinski definition) is 3. The molecule has 0 saturated carbocycles. The van der Waals surface area contributed by atoms with Crippen LogP contribution in [0, 0.1) is 0 Å². The van der Waals surface area contributed by atoms with Crippen molar-refractivity contribution in [2.24, 2.45) is 0 Å². The van der Waals surface area contributed by atoms with Crippen LogP contribution in [0.5, 0.6) is 5.75 Å². The van der Waals surface area contributed by atoms with Crippen LogP contribution in [0.2, 0.25) is 0 Å². The van der Waals surface area contributed by atoms with E-state index in [1.807, 2.05) is 18.2 Å². The minimum Gasteiger partial charge on any atom is -0.497 e. The average molecular weight is 431 g/mol. The fourth-order valence-electron chi connectivity index (χ4n) is 4.20. The molecule has 5 aromatic rings. The lowest BCUT2D eigenvalue weighted by Crippen LogP contribution is -2.12. The van der Waals surface area contributed by atoms with Crippen molar-refractivity contribution < 1.29 is 4.74 Å². The third-order valence-electron chi connectivity index (χ3n) is 5.96. The van der Waals surface area contributed by atoms with Crippen LogP contribution in [0.25, 0.3) is 10.8 Å². The molecule has 3 heteroatoms. The van der Waals surface area contributed by atoms with Gasteiger partial charge in [-0.1, -0.05) is 60.7 Å². The second-order valence-corrected chi connectivity index (χ2v) is 7.95. The first-order chi connectivity index (χ1) is 16.2. The molecule has 0 atom stereocenters. The van der Waals surface area contributed by atoms with E-state index < -0.39 is 0 Å². The summed E-state index contributed by atoms with van der Waals surface area (Å²) in [6.45, 7) is 0. The van der Waals surface area contributed by atoms with E-state index in [1.165, 1.54) is 10.8 Å². The highest BCUT2D eigenvalue weighted by Crippen LogP contribution is 2.39. The maximum atomic E-state index is 5.39. The summed E-state index contributed by atoms with van der Waals surface area (Å²) in [7, 11) is 3.77. The van der Waals surface area contributed by atoms with Gasteiger partial charge in [-0.2, -0.15) is 0 Å². The lowest BCUT2D eigenvalue weighted by Gasteiger charge is -2.28. The molecule has 33 heavy (non-hydrogen) atoms. The van der Waals surface area contributed by atoms with Crippen LogP contribution in [0.1, 0.15) is 0 Å². The lowest BCUT2D eigenvalue weighted by molar-refractivity contribution is 0.415. The Morgan fingerprint density at radius 3 is 1.94 bits per heavy atom. The molecule has 0 N–H and O–H groups in total. The number of methoxy groups -OCH3 is 1. The highest BCUT2D eigenvalue weighted by Gasteiger charge is 2.15. The van der Waals surface area contributed by atoms with E-state index in [9.17, 15) is 0 Å². The monoisotopic (exact) mass is 430 g/mol. The largest absolute Gasteiger partial charge is 0.497 e. The third kappa shape index (κ3) is 4.13. The molecule has 0 heterocycles. The number of fused-ring (bicyclic) bond motifs is 1. The first kappa shape index (κ1) is 20.7. The van der Waals surface area contributed by atoms with Gasteiger partial charge < -0.3 is 14.5 Å². The Morgan fingerprint density at radius 1 is 0.545 bits per heavy atom. The number of nitrogens with zero attached hydrogens (tertiary/aromatic N) is 2. The molecule has 0 spiro atoms. The molecule has 0 saturated heterocycles. The topological polar surface area (TPSA) is 15.7 Å². The van der Waals surface area contributed by atoms with Gasteiger partial charge in [0.2, 0.25) is 0 Å². The van der Waals surface area contributed by atoms with Crippen LogP contribution < -0.4 is 14.5 Å². The molecule has 0 aliphatic carbocycles. The molecule has 0 aliphatic heterocycles. The lowest BCUT2D eigenvalue weighted by atomic mass is 10.1. The zero-order valence-electron chi connectivity index (χ0n) is 18.8. The molecule has 0 amide bonds. The quantitative estimate of drug-likeness (QED) is 0.271. The van der Waals surface area contributed by atoms with Gasteiger partial charge in [0.25, 0.3) is 0 Å². The smallest absolute Gasteiger partial charge is 0.120 e. The molecule has 0 bridgehead atoms. The molecule has 0 aliphatic rings. The van der Waals surface area contributed by atoms with E-state index in [0.29, 0.717) is 0 Å². The Balaban J connectivity index is 1.56. The van der Waals surface area contributed by atoms with Crippen LogP contribution >= 0.6 is 0 Å². The minimum absolute atomic E-state index is 0.849. The molecular weight excluding hydrogens is 404 g/mol. The van der Waals surface area contributed by atoms with Gasteiger partial charge in [-0.15, -0.1) is 0 Å². The van der Waals surface area contributed by atoms with Crippen molar-refractivity contribution in [2.75, 3.05) is 24.0 Å². The highest BCUT2D eigenvalue weighted by molar-refractivity contribution is 5.98. The third-order valence-corrected chi connectivity index (χ3v) is 5.96. The number of anilines is 5. The summed E-state index contributed by atoms with van der Waals surface area (Å²) in [4.78, 5) is 4.48. The Labute approximate surface area is 195 Å². The predicted octanol–water partition coefficient (Wildman–Crippen LogP) is 8.09. The van der Waals surface area contributed by atoms with Crippen LogP contribution in [0.4, 0.5) is 28.4 Å². The van der Waals surface area contributed by atoms with Crippen LogP contribution in [-0.4, -0.2) is 14.2 Å². The maximum absolute atomic E-state index is 5.39. The minimum atomic E-state index is 0.849. The Bertz CT molecular complexity index is 1360. The number of rotatable bonds is 6. The van der Waals surface area contributed by atoms with E-state index in [4.69, 9.17) is 4.74 Å². The SMILES string of the molecule is COc1cccc(N(C)c2ccc(N(c3ccccc3)c3cccc4ccccc34)cc2)c1. The van der Waals surface area contributed by atoms with E-state index in [2.05, 4.69) is 120 Å². The van der Waals surface area contributed by atoms with Crippen molar-refractivity contribution in [1.82, 2.24) is 0 Å². The van der Waals surface area contributed by atoms with E-state index in [1.54, 1.807) is 7.11 Å².